The van der Waals surface area contributed by atoms with Crippen molar-refractivity contribution in [2.75, 3.05) is 5.73 Å². The van der Waals surface area contributed by atoms with Gasteiger partial charge in [0.05, 0.1) is 11.1 Å². The number of rotatable bonds is 2. The van der Waals surface area contributed by atoms with E-state index in [1.54, 1.807) is 11.0 Å². The number of fused-ring (bicyclic) bond motifs is 1. The molecule has 0 saturated heterocycles. The predicted molar refractivity (Wildman–Crippen MR) is 79.2 cm³/mol. The van der Waals surface area contributed by atoms with Gasteiger partial charge in [0.1, 0.15) is 12.1 Å². The second kappa shape index (κ2) is 4.54. The molecular weight excluding hydrogens is 266 g/mol. The van der Waals surface area contributed by atoms with Crippen molar-refractivity contribution in [1.29, 1.82) is 0 Å². The quantitative estimate of drug-likeness (QED) is 0.750. The van der Waals surface area contributed by atoms with E-state index in [1.165, 1.54) is 25.7 Å². The normalized spacial score (nSPS) is 16.0. The van der Waals surface area contributed by atoms with Crippen LogP contribution < -0.4 is 5.73 Å². The van der Waals surface area contributed by atoms with Crippen LogP contribution in [0.25, 0.3) is 16.9 Å². The molecule has 3 N–H and O–H groups in total. The summed E-state index contributed by atoms with van der Waals surface area (Å²) in [6.45, 7) is 1.93. The van der Waals surface area contributed by atoms with Gasteiger partial charge in [-0.1, -0.05) is 12.8 Å². The Balaban J connectivity index is 1.94. The Labute approximate surface area is 121 Å². The maximum Gasteiger partial charge on any atom is 0.188 e. The Morgan fingerprint density at radius 1 is 1.29 bits per heavy atom. The smallest absolute Gasteiger partial charge is 0.188 e. The van der Waals surface area contributed by atoms with Crippen molar-refractivity contribution in [3.05, 3.63) is 23.8 Å². The van der Waals surface area contributed by atoms with Crippen LogP contribution in [0.2, 0.25) is 0 Å². The van der Waals surface area contributed by atoms with Gasteiger partial charge in [0.25, 0.3) is 0 Å². The molecule has 1 fully saturated rings. The van der Waals surface area contributed by atoms with Crippen molar-refractivity contribution in [2.24, 2.45) is 0 Å². The topological polar surface area (TPSA) is 98.3 Å². The van der Waals surface area contributed by atoms with Crippen LogP contribution in [0.3, 0.4) is 0 Å². The van der Waals surface area contributed by atoms with Crippen LogP contribution in [0.1, 0.15) is 43.0 Å². The standard InChI is InChI=1S/C14H17N7/c1-8-6-10(17-7-16-8)21-14-11(13(15)18-19-14)12(20-21)9-4-2-3-5-9/h6-7,9H,2-5H2,1H3,(H3,15,18,19). The lowest BCUT2D eigenvalue weighted by Gasteiger charge is -2.05. The fourth-order valence-electron chi connectivity index (χ4n) is 3.16. The van der Waals surface area contributed by atoms with Gasteiger partial charge in [-0.15, -0.1) is 0 Å². The van der Waals surface area contributed by atoms with E-state index in [-0.39, 0.29) is 0 Å². The average molecular weight is 283 g/mol. The molecule has 3 aromatic rings. The Morgan fingerprint density at radius 2 is 2.10 bits per heavy atom. The molecule has 1 saturated carbocycles. The van der Waals surface area contributed by atoms with Gasteiger partial charge >= 0.3 is 0 Å². The lowest BCUT2D eigenvalue weighted by atomic mass is 10.0. The first kappa shape index (κ1) is 12.3. The minimum Gasteiger partial charge on any atom is -0.383 e. The summed E-state index contributed by atoms with van der Waals surface area (Å²) in [5.41, 5.74) is 8.75. The van der Waals surface area contributed by atoms with Gasteiger partial charge in [-0.3, -0.25) is 5.10 Å². The van der Waals surface area contributed by atoms with E-state index >= 15 is 0 Å². The molecule has 3 aromatic heterocycles. The number of hydrogen-bond donors (Lipinski definition) is 2. The number of aromatic nitrogens is 6. The molecule has 0 bridgehead atoms. The Kier molecular flexibility index (Phi) is 2.66. The molecule has 7 heteroatoms. The van der Waals surface area contributed by atoms with Gasteiger partial charge in [-0.2, -0.15) is 14.9 Å². The number of nitrogen functional groups attached to an aromatic ring is 1. The summed E-state index contributed by atoms with van der Waals surface area (Å²) in [5.74, 6) is 1.78. The molecule has 4 rings (SSSR count). The largest absolute Gasteiger partial charge is 0.383 e. The highest BCUT2D eigenvalue weighted by atomic mass is 15.4. The van der Waals surface area contributed by atoms with E-state index < -0.39 is 0 Å². The highest BCUT2D eigenvalue weighted by Gasteiger charge is 2.26. The predicted octanol–water partition coefficient (Wildman–Crippen LogP) is 2.09. The van der Waals surface area contributed by atoms with Crippen molar-refractivity contribution in [3.8, 4) is 5.82 Å². The number of H-pyrrole nitrogens is 1. The van der Waals surface area contributed by atoms with Crippen LogP contribution in [-0.2, 0) is 0 Å². The third-order valence-corrected chi connectivity index (χ3v) is 4.19. The van der Waals surface area contributed by atoms with Crippen LogP contribution in [0, 0.1) is 6.92 Å². The van der Waals surface area contributed by atoms with Crippen molar-refractivity contribution in [2.45, 2.75) is 38.5 Å². The molecule has 0 spiro atoms. The molecule has 0 atom stereocenters. The number of anilines is 1. The minimum absolute atomic E-state index is 0.469. The number of nitrogens with zero attached hydrogens (tertiary/aromatic N) is 5. The summed E-state index contributed by atoms with van der Waals surface area (Å²) in [6, 6.07) is 1.90. The van der Waals surface area contributed by atoms with E-state index in [2.05, 4.69) is 20.2 Å². The first-order valence-electron chi connectivity index (χ1n) is 7.25. The average Bonchev–Trinajstić information content (AvgIpc) is 3.17. The number of hydrogen-bond acceptors (Lipinski definition) is 5. The van der Waals surface area contributed by atoms with Crippen LogP contribution in [-0.4, -0.2) is 29.9 Å². The number of nitrogens with two attached hydrogens (primary N) is 1. The van der Waals surface area contributed by atoms with Gasteiger partial charge in [-0.25, -0.2) is 9.97 Å². The Bertz CT molecular complexity index is 795. The van der Waals surface area contributed by atoms with Gasteiger partial charge in [0, 0.05) is 17.7 Å². The number of aromatic amines is 1. The molecule has 0 unspecified atom stereocenters. The van der Waals surface area contributed by atoms with E-state index in [9.17, 15) is 0 Å². The molecular formula is C14H17N7. The number of aryl methyl sites for hydroxylation is 1. The van der Waals surface area contributed by atoms with Crippen molar-refractivity contribution >= 4 is 16.9 Å². The monoisotopic (exact) mass is 283 g/mol. The summed E-state index contributed by atoms with van der Waals surface area (Å²) in [7, 11) is 0. The first-order valence-corrected chi connectivity index (χ1v) is 7.25. The van der Waals surface area contributed by atoms with Gasteiger partial charge in [0.15, 0.2) is 11.5 Å². The number of nitrogens with one attached hydrogen (secondary N) is 1. The van der Waals surface area contributed by atoms with Crippen molar-refractivity contribution < 1.29 is 0 Å². The van der Waals surface area contributed by atoms with Crippen LogP contribution in [0.15, 0.2) is 12.4 Å². The lowest BCUT2D eigenvalue weighted by molar-refractivity contribution is 0.679. The van der Waals surface area contributed by atoms with Crippen LogP contribution >= 0.6 is 0 Å². The van der Waals surface area contributed by atoms with E-state index in [4.69, 9.17) is 10.8 Å². The molecule has 0 aliphatic heterocycles. The Morgan fingerprint density at radius 3 is 2.86 bits per heavy atom. The highest BCUT2D eigenvalue weighted by Crippen LogP contribution is 2.38. The maximum atomic E-state index is 6.06. The zero-order valence-electron chi connectivity index (χ0n) is 11.9. The summed E-state index contributed by atoms with van der Waals surface area (Å²) < 4.78 is 1.77. The van der Waals surface area contributed by atoms with Crippen molar-refractivity contribution in [1.82, 2.24) is 29.9 Å². The zero-order valence-corrected chi connectivity index (χ0v) is 11.9. The molecule has 0 aromatic carbocycles. The summed E-state index contributed by atoms with van der Waals surface area (Å²) in [5, 5.41) is 12.9. The van der Waals surface area contributed by atoms with Gasteiger partial charge in [-0.05, 0) is 19.8 Å². The van der Waals surface area contributed by atoms with Gasteiger partial charge in [0.2, 0.25) is 0 Å². The first-order chi connectivity index (χ1) is 10.2. The lowest BCUT2D eigenvalue weighted by Crippen LogP contribution is -2.03. The van der Waals surface area contributed by atoms with Crippen molar-refractivity contribution in [3.63, 3.8) is 0 Å². The fraction of sp³-hybridized carbons (Fsp3) is 0.429. The third kappa shape index (κ3) is 1.88. The SMILES string of the molecule is Cc1cc(-n2nc(C3CCCC3)c3c(N)[nH]nc32)ncn1. The summed E-state index contributed by atoms with van der Waals surface area (Å²) >= 11 is 0. The third-order valence-electron chi connectivity index (χ3n) is 4.19. The zero-order chi connectivity index (χ0) is 14.4. The molecule has 108 valence electrons. The Hall–Kier alpha value is -2.44. The highest BCUT2D eigenvalue weighted by molar-refractivity contribution is 5.90. The minimum atomic E-state index is 0.469. The van der Waals surface area contributed by atoms with E-state index in [1.807, 2.05) is 13.0 Å². The maximum absolute atomic E-state index is 6.06. The summed E-state index contributed by atoms with van der Waals surface area (Å²) in [4.78, 5) is 8.43. The van der Waals surface area contributed by atoms with E-state index in [0.717, 1.165) is 28.2 Å². The second-order valence-electron chi connectivity index (χ2n) is 5.63. The van der Waals surface area contributed by atoms with Crippen LogP contribution in [0.5, 0.6) is 0 Å². The molecule has 7 nitrogen and oxygen atoms in total. The summed E-state index contributed by atoms with van der Waals surface area (Å²) in [6.07, 6.45) is 6.38. The van der Waals surface area contributed by atoms with Gasteiger partial charge < -0.3 is 5.73 Å². The van der Waals surface area contributed by atoms with E-state index in [0.29, 0.717) is 11.7 Å². The van der Waals surface area contributed by atoms with Crippen LogP contribution in [0.4, 0.5) is 5.82 Å². The second-order valence-corrected chi connectivity index (χ2v) is 5.63. The molecule has 0 radical (unpaired) electrons. The molecule has 21 heavy (non-hydrogen) atoms. The molecule has 1 aliphatic rings. The molecule has 3 heterocycles. The fourth-order valence-corrected chi connectivity index (χ4v) is 3.16. The molecule has 1 aliphatic carbocycles. The molecule has 0 amide bonds.